The van der Waals surface area contributed by atoms with Crippen molar-refractivity contribution < 1.29 is 67.0 Å². The molecular formula is C69H124N12O14. The fraction of sp³-hybridized carbons (Fsp3) is 0.797. The summed E-state index contributed by atoms with van der Waals surface area (Å²) in [6, 6.07) is -14.2. The van der Waals surface area contributed by atoms with E-state index in [2.05, 4.69) is 21.3 Å². The van der Waals surface area contributed by atoms with Crippen LogP contribution in [0, 0.1) is 41.4 Å². The summed E-state index contributed by atoms with van der Waals surface area (Å²) in [7, 11) is 15.1. The van der Waals surface area contributed by atoms with Gasteiger partial charge in [0.05, 0.1) is 6.61 Å². The zero-order chi connectivity index (χ0) is 73.5. The smallest absolute Gasteiger partial charge is 0.303 e. The Bertz CT molecular complexity index is 2610. The maximum atomic E-state index is 15.6. The predicted molar refractivity (Wildman–Crippen MR) is 366 cm³/mol. The van der Waals surface area contributed by atoms with Gasteiger partial charge in [0.25, 0.3) is 0 Å². The van der Waals surface area contributed by atoms with E-state index in [0.29, 0.717) is 13.0 Å². The molecule has 11 amide bonds. The van der Waals surface area contributed by atoms with E-state index in [4.69, 9.17) is 9.47 Å². The number of ether oxygens (including phenoxy) is 2. The van der Waals surface area contributed by atoms with Crippen LogP contribution in [0.4, 0.5) is 0 Å². The van der Waals surface area contributed by atoms with Gasteiger partial charge in [0, 0.05) is 69.3 Å². The number of methoxy groups -OCH3 is 1. The quantitative estimate of drug-likeness (QED) is 0.0939. The monoisotopic (exact) mass is 1340 g/mol. The molecule has 1 rings (SSSR count). The molecule has 95 heavy (non-hydrogen) atoms. The summed E-state index contributed by atoms with van der Waals surface area (Å²) in [5, 5.41) is 11.2. The van der Waals surface area contributed by atoms with E-state index in [1.165, 1.54) is 107 Å². The van der Waals surface area contributed by atoms with Gasteiger partial charge in [-0.2, -0.15) is 0 Å². The number of allylic oxidation sites excluding steroid dienone is 2. The molecule has 0 aromatic rings. The van der Waals surface area contributed by atoms with E-state index >= 15 is 33.6 Å². The molecule has 0 aromatic heterocycles. The molecule has 4 N–H and O–H groups in total. The molecular weight excluding hydrogens is 1220 g/mol. The van der Waals surface area contributed by atoms with Crippen LogP contribution in [-0.4, -0.2) is 266 Å². The highest BCUT2D eigenvalue weighted by atomic mass is 16.5. The summed E-state index contributed by atoms with van der Waals surface area (Å²) >= 11 is 0. The third-order valence-corrected chi connectivity index (χ3v) is 17.9. The van der Waals surface area contributed by atoms with Crippen LogP contribution in [0.1, 0.15) is 163 Å². The number of hydrogen-bond donors (Lipinski definition) is 4. The van der Waals surface area contributed by atoms with Gasteiger partial charge < -0.3 is 69.9 Å². The lowest BCUT2D eigenvalue weighted by Gasteiger charge is -2.42. The number of nitrogens with one attached hydrogen (secondary N) is 4. The summed E-state index contributed by atoms with van der Waals surface area (Å²) in [5.41, 5.74) is 0. The van der Waals surface area contributed by atoms with Crippen LogP contribution < -0.4 is 21.3 Å². The first-order valence-electron chi connectivity index (χ1n) is 34.0. The Morgan fingerprint density at radius 3 is 1.42 bits per heavy atom. The Morgan fingerprint density at radius 2 is 0.958 bits per heavy atom. The van der Waals surface area contributed by atoms with Crippen LogP contribution in [0.15, 0.2) is 12.2 Å². The fourth-order valence-corrected chi connectivity index (χ4v) is 12.3. The lowest BCUT2D eigenvalue weighted by Crippen LogP contribution is -2.64. The van der Waals surface area contributed by atoms with Gasteiger partial charge >= 0.3 is 5.97 Å². The molecule has 26 nitrogen and oxygen atoms in total. The molecule has 26 heteroatoms. The summed E-state index contributed by atoms with van der Waals surface area (Å²) in [4.78, 5) is 189. The third kappa shape index (κ3) is 24.7. The Balaban J connectivity index is 4.67. The van der Waals surface area contributed by atoms with Crippen molar-refractivity contribution >= 4 is 70.9 Å². The number of nitrogens with zero attached hydrogens (tertiary/aromatic N) is 8. The highest BCUT2D eigenvalue weighted by Gasteiger charge is 2.48. The number of esters is 1. The van der Waals surface area contributed by atoms with Gasteiger partial charge in [0.1, 0.15) is 72.6 Å². The molecule has 0 spiro atoms. The zero-order valence-corrected chi connectivity index (χ0v) is 62.8. The van der Waals surface area contributed by atoms with Gasteiger partial charge in [-0.1, -0.05) is 102 Å². The van der Waals surface area contributed by atoms with Crippen molar-refractivity contribution in [1.29, 1.82) is 0 Å². The van der Waals surface area contributed by atoms with Crippen LogP contribution in [0.25, 0.3) is 0 Å². The molecule has 544 valence electrons. The van der Waals surface area contributed by atoms with Crippen LogP contribution in [-0.2, 0) is 67.0 Å². The SMILES string of the molecule is C/C=C/C[C@@H](C)[C@@H](OC(C)=O)[C@H]1C(=O)N[C@@H](CC)C(=O)N(C)[C@H](CCCN(C)C)C(=O)N(C)[C@@H]([C@H](C)COC)C(=O)N[C@@H](C(C)C)C(=O)N(C)[C@@H](CC(C)C)C(=O)N[C@@H](C)C(=O)N[C@H](C)C(=O)N(C)[C@@H](CC(C)C)C(=O)N(C)[C@@H](CC(C)C)C(=O)N(C)[C@@H](C(C)C)C(=O)N1C. The first kappa shape index (κ1) is 86.3. The largest absolute Gasteiger partial charge is 0.459 e. The van der Waals surface area contributed by atoms with Crippen LogP contribution in [0.3, 0.4) is 0 Å². The predicted octanol–water partition coefficient (Wildman–Crippen LogP) is 3.79. The molecule has 0 unspecified atom stereocenters. The first-order chi connectivity index (χ1) is 44.0. The molecule has 0 bridgehead atoms. The van der Waals surface area contributed by atoms with Gasteiger partial charge in [0.15, 0.2) is 0 Å². The second kappa shape index (κ2) is 40.1. The Hall–Kier alpha value is -6.70. The van der Waals surface area contributed by atoms with Gasteiger partial charge in [-0.25, -0.2) is 0 Å². The van der Waals surface area contributed by atoms with E-state index in [0.717, 1.165) is 4.90 Å². The first-order valence-corrected chi connectivity index (χ1v) is 34.0. The second-order valence-electron chi connectivity index (χ2n) is 28.6. The second-order valence-corrected chi connectivity index (χ2v) is 28.6. The van der Waals surface area contributed by atoms with Gasteiger partial charge in [-0.05, 0) is 122 Å². The number of amides is 11. The van der Waals surface area contributed by atoms with Crippen molar-refractivity contribution in [3.63, 3.8) is 0 Å². The summed E-state index contributed by atoms with van der Waals surface area (Å²) in [5.74, 6) is -11.5. The van der Waals surface area contributed by atoms with Gasteiger partial charge in [0.2, 0.25) is 65.0 Å². The van der Waals surface area contributed by atoms with Crippen molar-refractivity contribution in [3.8, 4) is 0 Å². The van der Waals surface area contributed by atoms with Crippen molar-refractivity contribution in [2.45, 2.75) is 235 Å². The van der Waals surface area contributed by atoms with E-state index in [1.54, 1.807) is 61.5 Å². The van der Waals surface area contributed by atoms with Crippen LogP contribution in [0.5, 0.6) is 0 Å². The number of carbonyl (C=O) groups is 12. The van der Waals surface area contributed by atoms with Crippen LogP contribution in [0.2, 0.25) is 0 Å². The molecule has 14 atom stereocenters. The Kier molecular flexibility index (Phi) is 36.5. The molecule has 0 radical (unpaired) electrons. The topological polar surface area (TPSA) is 297 Å². The number of rotatable bonds is 21. The van der Waals surface area contributed by atoms with Gasteiger partial charge in [-0.15, -0.1) is 0 Å². The molecule has 1 aliphatic rings. The maximum absolute atomic E-state index is 15.6. The Labute approximate surface area is 568 Å². The molecule has 1 fully saturated rings. The zero-order valence-electron chi connectivity index (χ0n) is 62.8. The van der Waals surface area contributed by atoms with Crippen molar-refractivity contribution in [3.05, 3.63) is 12.2 Å². The molecule has 0 aromatic carbocycles. The molecule has 1 aliphatic heterocycles. The minimum absolute atomic E-state index is 0.0232. The van der Waals surface area contributed by atoms with E-state index in [-0.39, 0.29) is 62.9 Å². The van der Waals surface area contributed by atoms with Crippen molar-refractivity contribution in [1.82, 2.24) is 60.5 Å². The van der Waals surface area contributed by atoms with E-state index in [9.17, 15) is 24.0 Å². The molecule has 0 aliphatic carbocycles. The normalized spacial score (nSPS) is 26.4. The number of hydrogen-bond acceptors (Lipinski definition) is 15. The Morgan fingerprint density at radius 1 is 0.516 bits per heavy atom. The highest BCUT2D eigenvalue weighted by Crippen LogP contribution is 2.28. The van der Waals surface area contributed by atoms with Gasteiger partial charge in [-0.3, -0.25) is 57.5 Å². The minimum Gasteiger partial charge on any atom is -0.459 e. The lowest BCUT2D eigenvalue weighted by molar-refractivity contribution is -0.164. The van der Waals surface area contributed by atoms with Crippen LogP contribution >= 0.6 is 0 Å². The maximum Gasteiger partial charge on any atom is 0.303 e. The van der Waals surface area contributed by atoms with E-state index in [1.807, 2.05) is 66.6 Å². The number of carbonyl (C=O) groups excluding carboxylic acids is 12. The van der Waals surface area contributed by atoms with E-state index < -0.39 is 167 Å². The van der Waals surface area contributed by atoms with Crippen molar-refractivity contribution in [2.24, 2.45) is 41.4 Å². The lowest BCUT2D eigenvalue weighted by atomic mass is 9.91. The minimum atomic E-state index is -1.64. The average molecular weight is 1350 g/mol. The molecule has 0 saturated carbocycles. The number of likely N-dealkylation sites (N-methyl/N-ethyl adjacent to an activating group) is 7. The third-order valence-electron chi connectivity index (χ3n) is 17.9. The molecule has 1 heterocycles. The summed E-state index contributed by atoms with van der Waals surface area (Å²) in [6.07, 6.45) is 3.39. The standard InChI is InChI=1S/C69H124N12O14/c1-28-30-32-44(13)58(95-48(17)82)57-62(86)72-49(29-2)64(88)75(20)50(33-31-34-74(18)19)65(89)80(25)56(45(14)38-94-27)61(85)73-54(42(9)10)68(92)76(21)51(35-39(3)4)60(84)70-46(15)59(83)71-47(16)63(87)77(22)52(36-40(5)6)66(90)78(23)53(37-41(7)8)67(91)79(24)55(43(11)12)69(93)81(57)26/h28,30,39-47,49-58H,29,31-38H2,1-27H3,(H,70,84)(H,71,83)(H,72,86)(H,73,85)/b30-28+/t44-,45-,46+,47-,49+,50-,51+,52+,53+,54+,55+,56+,57+,58-/m1/s1. The average Bonchev–Trinajstić information content (AvgIpc) is 0.807. The summed E-state index contributed by atoms with van der Waals surface area (Å²) in [6.45, 7) is 29.5. The van der Waals surface area contributed by atoms with Crippen molar-refractivity contribution in [2.75, 3.05) is 83.7 Å². The molecule has 1 saturated heterocycles. The highest BCUT2D eigenvalue weighted by molar-refractivity contribution is 6.00. The summed E-state index contributed by atoms with van der Waals surface area (Å²) < 4.78 is 11.6. The fourth-order valence-electron chi connectivity index (χ4n) is 12.3.